The Morgan fingerprint density at radius 2 is 1.75 bits per heavy atom. The van der Waals surface area contributed by atoms with Crippen LogP contribution in [0.25, 0.3) is 0 Å². The first-order valence-electron chi connectivity index (χ1n) is 10.2. The highest BCUT2D eigenvalue weighted by molar-refractivity contribution is 6.01. The molecular formula is C23H27N3O2. The number of carbonyl (C=O) groups is 2. The molecule has 1 saturated carbocycles. The van der Waals surface area contributed by atoms with Gasteiger partial charge in [-0.15, -0.1) is 0 Å². The smallest absolute Gasteiger partial charge is 0.251 e. The van der Waals surface area contributed by atoms with E-state index in [1.165, 1.54) is 31.2 Å². The van der Waals surface area contributed by atoms with Crippen LogP contribution in [0.2, 0.25) is 0 Å². The highest BCUT2D eigenvalue weighted by Crippen LogP contribution is 2.39. The number of benzene rings is 2. The summed E-state index contributed by atoms with van der Waals surface area (Å²) in [6, 6.07) is 15.0. The van der Waals surface area contributed by atoms with Gasteiger partial charge in [-0.3, -0.25) is 9.59 Å². The molecule has 2 fully saturated rings. The molecule has 4 rings (SSSR count). The number of nitrogens with zero attached hydrogens (tertiary/aromatic N) is 1. The van der Waals surface area contributed by atoms with Crippen LogP contribution in [0.4, 0.5) is 11.4 Å². The lowest BCUT2D eigenvalue weighted by molar-refractivity contribution is -0.117. The zero-order chi connectivity index (χ0) is 19.5. The minimum atomic E-state index is -0.619. The van der Waals surface area contributed by atoms with E-state index in [1.54, 1.807) is 6.92 Å². The molecule has 2 N–H and O–H groups in total. The highest BCUT2D eigenvalue weighted by atomic mass is 16.2. The molecule has 5 nitrogen and oxygen atoms in total. The van der Waals surface area contributed by atoms with Gasteiger partial charge in [-0.1, -0.05) is 18.2 Å². The van der Waals surface area contributed by atoms with Crippen molar-refractivity contribution in [2.24, 2.45) is 0 Å². The van der Waals surface area contributed by atoms with Crippen molar-refractivity contribution < 1.29 is 9.59 Å². The number of hydrogen-bond donors (Lipinski definition) is 2. The van der Waals surface area contributed by atoms with E-state index in [9.17, 15) is 9.59 Å². The predicted octanol–water partition coefficient (Wildman–Crippen LogP) is 3.92. The molecular weight excluding hydrogens is 350 g/mol. The Hall–Kier alpha value is -2.82. The van der Waals surface area contributed by atoms with E-state index in [4.69, 9.17) is 0 Å². The van der Waals surface area contributed by atoms with E-state index >= 15 is 0 Å². The second kappa shape index (κ2) is 8.05. The van der Waals surface area contributed by atoms with Gasteiger partial charge in [-0.25, -0.2) is 0 Å². The molecule has 0 spiro atoms. The van der Waals surface area contributed by atoms with Crippen LogP contribution < -0.4 is 15.5 Å². The highest BCUT2D eigenvalue weighted by Gasteiger charge is 2.23. The van der Waals surface area contributed by atoms with E-state index in [-0.39, 0.29) is 11.8 Å². The van der Waals surface area contributed by atoms with Gasteiger partial charge in [0, 0.05) is 30.0 Å². The molecule has 1 aliphatic carbocycles. The summed E-state index contributed by atoms with van der Waals surface area (Å²) in [4.78, 5) is 27.3. The van der Waals surface area contributed by atoms with Crippen LogP contribution in [-0.4, -0.2) is 30.9 Å². The van der Waals surface area contributed by atoms with Crippen LogP contribution >= 0.6 is 0 Å². The average molecular weight is 377 g/mol. The average Bonchev–Trinajstić information content (AvgIpc) is 3.42. The molecule has 0 bridgehead atoms. The maximum Gasteiger partial charge on any atom is 0.251 e. The lowest BCUT2D eigenvalue weighted by Crippen LogP contribution is -2.41. The van der Waals surface area contributed by atoms with E-state index in [0.29, 0.717) is 11.5 Å². The Bertz CT molecular complexity index is 852. The molecule has 1 aliphatic heterocycles. The second-order valence-electron chi connectivity index (χ2n) is 7.83. The van der Waals surface area contributed by atoms with Crippen LogP contribution in [0, 0.1) is 0 Å². The SMILES string of the molecule is CC(NC(=O)c1ccc(C2CC2)cc1)C(=O)Nc1cccc(N2CCCC2)c1. The van der Waals surface area contributed by atoms with Gasteiger partial charge >= 0.3 is 0 Å². The van der Waals surface area contributed by atoms with E-state index < -0.39 is 6.04 Å². The van der Waals surface area contributed by atoms with Gasteiger partial charge in [0.15, 0.2) is 0 Å². The van der Waals surface area contributed by atoms with Crippen LogP contribution in [0.1, 0.15) is 54.4 Å². The molecule has 5 heteroatoms. The summed E-state index contributed by atoms with van der Waals surface area (Å²) in [6.45, 7) is 3.82. The fraction of sp³-hybridized carbons (Fsp3) is 0.391. The Balaban J connectivity index is 1.34. The molecule has 0 aromatic heterocycles. The Morgan fingerprint density at radius 1 is 1.04 bits per heavy atom. The third kappa shape index (κ3) is 4.35. The quantitative estimate of drug-likeness (QED) is 0.802. The largest absolute Gasteiger partial charge is 0.371 e. The monoisotopic (exact) mass is 377 g/mol. The summed E-state index contributed by atoms with van der Waals surface area (Å²) in [5.41, 5.74) is 3.76. The molecule has 2 aliphatic rings. The van der Waals surface area contributed by atoms with Crippen molar-refractivity contribution in [1.82, 2.24) is 5.32 Å². The summed E-state index contributed by atoms with van der Waals surface area (Å²) in [5.74, 6) is 0.218. The second-order valence-corrected chi connectivity index (χ2v) is 7.83. The molecule has 2 aromatic carbocycles. The van der Waals surface area contributed by atoms with Crippen molar-refractivity contribution in [3.05, 3.63) is 59.7 Å². The molecule has 2 aromatic rings. The van der Waals surface area contributed by atoms with Crippen molar-refractivity contribution in [3.63, 3.8) is 0 Å². The van der Waals surface area contributed by atoms with Crippen LogP contribution in [0.5, 0.6) is 0 Å². The van der Waals surface area contributed by atoms with Gasteiger partial charge in [0.1, 0.15) is 6.04 Å². The van der Waals surface area contributed by atoms with Gasteiger partial charge in [0.05, 0.1) is 0 Å². The normalized spacial score (nSPS) is 17.2. The van der Waals surface area contributed by atoms with Crippen LogP contribution in [0.3, 0.4) is 0 Å². The van der Waals surface area contributed by atoms with Gasteiger partial charge in [0.2, 0.25) is 5.91 Å². The standard InChI is InChI=1S/C23H27N3O2/c1-16(24-23(28)19-11-9-18(10-12-19)17-7-8-17)22(27)25-20-5-4-6-21(15-20)26-13-2-3-14-26/h4-6,9-12,15-17H,2-3,7-8,13-14H2,1H3,(H,24,28)(H,25,27). The number of rotatable bonds is 6. The summed E-state index contributed by atoms with van der Waals surface area (Å²) in [5, 5.41) is 5.70. The predicted molar refractivity (Wildman–Crippen MR) is 112 cm³/mol. The van der Waals surface area contributed by atoms with Gasteiger partial charge in [-0.2, -0.15) is 0 Å². The molecule has 28 heavy (non-hydrogen) atoms. The summed E-state index contributed by atoms with van der Waals surface area (Å²) < 4.78 is 0. The van der Waals surface area contributed by atoms with Crippen LogP contribution in [-0.2, 0) is 4.79 Å². The number of carbonyl (C=O) groups excluding carboxylic acids is 2. The maximum absolute atomic E-state index is 12.5. The first kappa shape index (κ1) is 18.5. The van der Waals surface area contributed by atoms with Gasteiger partial charge in [0.25, 0.3) is 5.91 Å². The summed E-state index contributed by atoms with van der Waals surface area (Å²) in [6.07, 6.45) is 4.89. The zero-order valence-corrected chi connectivity index (χ0v) is 16.3. The van der Waals surface area contributed by atoms with Gasteiger partial charge in [-0.05, 0) is 74.4 Å². The summed E-state index contributed by atoms with van der Waals surface area (Å²) in [7, 11) is 0. The van der Waals surface area contributed by atoms with Crippen molar-refractivity contribution in [2.45, 2.75) is 44.6 Å². The van der Waals surface area contributed by atoms with Crippen molar-refractivity contribution in [2.75, 3.05) is 23.3 Å². The third-order valence-corrected chi connectivity index (χ3v) is 5.55. The molecule has 1 unspecified atom stereocenters. The molecule has 146 valence electrons. The lowest BCUT2D eigenvalue weighted by Gasteiger charge is -2.19. The van der Waals surface area contributed by atoms with Crippen molar-refractivity contribution >= 4 is 23.2 Å². The Kier molecular flexibility index (Phi) is 5.33. The Morgan fingerprint density at radius 3 is 2.43 bits per heavy atom. The molecule has 1 atom stereocenters. The number of anilines is 2. The first-order valence-corrected chi connectivity index (χ1v) is 10.2. The van der Waals surface area contributed by atoms with E-state index in [0.717, 1.165) is 24.5 Å². The fourth-order valence-electron chi connectivity index (χ4n) is 3.68. The maximum atomic E-state index is 12.5. The molecule has 0 radical (unpaired) electrons. The number of amides is 2. The van der Waals surface area contributed by atoms with Gasteiger partial charge < -0.3 is 15.5 Å². The fourth-order valence-corrected chi connectivity index (χ4v) is 3.68. The van der Waals surface area contributed by atoms with Crippen molar-refractivity contribution in [3.8, 4) is 0 Å². The molecule has 2 amide bonds. The van der Waals surface area contributed by atoms with Crippen LogP contribution in [0.15, 0.2) is 48.5 Å². The lowest BCUT2D eigenvalue weighted by atomic mass is 10.1. The van der Waals surface area contributed by atoms with E-state index in [2.05, 4.69) is 21.6 Å². The minimum Gasteiger partial charge on any atom is -0.371 e. The topological polar surface area (TPSA) is 61.4 Å². The van der Waals surface area contributed by atoms with E-state index in [1.807, 2.05) is 42.5 Å². The van der Waals surface area contributed by atoms with Crippen molar-refractivity contribution in [1.29, 1.82) is 0 Å². The minimum absolute atomic E-state index is 0.221. The molecule has 1 saturated heterocycles. The molecule has 1 heterocycles. The number of hydrogen-bond acceptors (Lipinski definition) is 3. The third-order valence-electron chi connectivity index (χ3n) is 5.55. The Labute approximate surface area is 166 Å². The first-order chi connectivity index (χ1) is 13.6. The summed E-state index contributed by atoms with van der Waals surface area (Å²) >= 11 is 0. The zero-order valence-electron chi connectivity index (χ0n) is 16.3. The number of nitrogens with one attached hydrogen (secondary N) is 2.